The number of quaternary nitrogens is 1. The van der Waals surface area contributed by atoms with Crippen LogP contribution in [-0.4, -0.2) is 25.0 Å². The van der Waals surface area contributed by atoms with Crippen LogP contribution in [0.3, 0.4) is 0 Å². The zero-order chi connectivity index (χ0) is 13.3. The van der Waals surface area contributed by atoms with Crippen molar-refractivity contribution in [3.63, 3.8) is 0 Å². The molecule has 5 heteroatoms. The lowest BCUT2D eigenvalue weighted by molar-refractivity contribution is -0.00000388. The molecule has 1 aliphatic rings. The lowest BCUT2D eigenvalue weighted by Gasteiger charge is -2.33. The van der Waals surface area contributed by atoms with E-state index < -0.39 is 0 Å². The molecule has 0 amide bonds. The van der Waals surface area contributed by atoms with Gasteiger partial charge in [-0.15, -0.1) is 9.69 Å². The largest absolute Gasteiger partial charge is 1.00 e. The molecular weight excluding hydrogens is 316 g/mol. The predicted octanol–water partition coefficient (Wildman–Crippen LogP) is -0.645. The van der Waals surface area contributed by atoms with Crippen molar-refractivity contribution in [3.05, 3.63) is 66.2 Å². The fraction of sp³-hybridized carbons (Fsp3) is 0.133. The first-order chi connectivity index (χ1) is 9.23. The molecule has 0 aromatic heterocycles. The lowest BCUT2D eigenvalue weighted by atomic mass is 10.1. The van der Waals surface area contributed by atoms with Gasteiger partial charge < -0.3 is 17.0 Å². The summed E-state index contributed by atoms with van der Waals surface area (Å²) in [5.74, 6) is 0.981. The van der Waals surface area contributed by atoms with Crippen molar-refractivity contribution in [3.8, 4) is 0 Å². The summed E-state index contributed by atoms with van der Waals surface area (Å²) in [7, 11) is 4.12. The fourth-order valence-electron chi connectivity index (χ4n) is 2.37. The van der Waals surface area contributed by atoms with Crippen molar-refractivity contribution in [1.29, 1.82) is 0 Å². The summed E-state index contributed by atoms with van der Waals surface area (Å²) >= 11 is 0. The van der Waals surface area contributed by atoms with Crippen LogP contribution in [0.25, 0.3) is 0 Å². The molecule has 3 rings (SSSR count). The number of hydrazone groups is 1. The molecule has 20 heavy (non-hydrogen) atoms. The maximum absolute atomic E-state index is 4.48. The molecule has 104 valence electrons. The van der Waals surface area contributed by atoms with Gasteiger partial charge in [-0.25, -0.2) is 0 Å². The van der Waals surface area contributed by atoms with Crippen LogP contribution < -0.4 is 27.1 Å². The van der Waals surface area contributed by atoms with E-state index in [-0.39, 0.29) is 17.0 Å². The Kier molecular flexibility index (Phi) is 4.23. The minimum atomic E-state index is 0. The first kappa shape index (κ1) is 14.7. The maximum Gasteiger partial charge on any atom is 0.279 e. The van der Waals surface area contributed by atoms with Crippen LogP contribution in [0.15, 0.2) is 65.8 Å². The van der Waals surface area contributed by atoms with E-state index in [1.54, 1.807) is 0 Å². The molecule has 0 radical (unpaired) electrons. The Morgan fingerprint density at radius 2 is 1.50 bits per heavy atom. The van der Waals surface area contributed by atoms with E-state index in [0.29, 0.717) is 4.59 Å². The SMILES string of the molecule is CN1NN=C(c2ccccc2)[N+]1(C)c1ccccc1.[Br-]. The first-order valence-electron chi connectivity index (χ1n) is 6.28. The van der Waals surface area contributed by atoms with Crippen molar-refractivity contribution in [2.24, 2.45) is 5.10 Å². The van der Waals surface area contributed by atoms with Gasteiger partial charge in [0, 0.05) is 12.1 Å². The Morgan fingerprint density at radius 3 is 2.10 bits per heavy atom. The number of para-hydroxylation sites is 1. The summed E-state index contributed by atoms with van der Waals surface area (Å²) in [6, 6.07) is 20.6. The minimum absolute atomic E-state index is 0. The zero-order valence-corrected chi connectivity index (χ0v) is 13.1. The second-order valence-corrected chi connectivity index (χ2v) is 4.72. The third-order valence-corrected chi connectivity index (χ3v) is 3.60. The van der Waals surface area contributed by atoms with Gasteiger partial charge in [-0.3, -0.25) is 0 Å². The van der Waals surface area contributed by atoms with Crippen molar-refractivity contribution in [2.45, 2.75) is 0 Å². The van der Waals surface area contributed by atoms with E-state index in [1.807, 2.05) is 48.6 Å². The molecule has 2 aromatic carbocycles. The second kappa shape index (κ2) is 5.75. The summed E-state index contributed by atoms with van der Waals surface area (Å²) in [6.45, 7) is 0. The molecule has 0 saturated carbocycles. The normalized spacial score (nSPS) is 21.8. The number of benzene rings is 2. The average Bonchev–Trinajstić information content (AvgIpc) is 2.78. The van der Waals surface area contributed by atoms with Crippen LogP contribution in [0.4, 0.5) is 5.69 Å². The van der Waals surface area contributed by atoms with Crippen molar-refractivity contribution in [2.75, 3.05) is 14.1 Å². The number of hydrogen-bond acceptors (Lipinski definition) is 3. The number of hydrogen-bond donors (Lipinski definition) is 1. The van der Waals surface area contributed by atoms with Gasteiger partial charge in [0.05, 0.1) is 19.7 Å². The predicted molar refractivity (Wildman–Crippen MR) is 78.0 cm³/mol. The third kappa shape index (κ3) is 2.24. The standard InChI is InChI=1S/C15H17N4.BrH/c1-18-17-16-15(13-9-5-3-6-10-13)19(18,2)14-11-7-4-8-12-14;/h3-12,17H,1-2H3;1H/q+1;/p-1. The van der Waals surface area contributed by atoms with Gasteiger partial charge in [-0.2, -0.15) is 5.53 Å². The number of nitrogens with one attached hydrogen (secondary N) is 1. The molecule has 0 spiro atoms. The number of hydrazine groups is 1. The van der Waals surface area contributed by atoms with Crippen molar-refractivity contribution < 1.29 is 17.0 Å². The highest BCUT2D eigenvalue weighted by Gasteiger charge is 2.43. The van der Waals surface area contributed by atoms with E-state index >= 15 is 0 Å². The Morgan fingerprint density at radius 1 is 0.950 bits per heavy atom. The van der Waals surface area contributed by atoms with Gasteiger partial charge in [0.1, 0.15) is 0 Å². The van der Waals surface area contributed by atoms with Crippen LogP contribution in [-0.2, 0) is 0 Å². The Balaban J connectivity index is 0.00000147. The van der Waals surface area contributed by atoms with Gasteiger partial charge in [0.25, 0.3) is 5.84 Å². The summed E-state index contributed by atoms with van der Waals surface area (Å²) in [6.07, 6.45) is 0. The third-order valence-electron chi connectivity index (χ3n) is 3.60. The van der Waals surface area contributed by atoms with Crippen LogP contribution in [0.5, 0.6) is 0 Å². The van der Waals surface area contributed by atoms with Crippen LogP contribution >= 0.6 is 0 Å². The van der Waals surface area contributed by atoms with Gasteiger partial charge in [0.2, 0.25) is 0 Å². The van der Waals surface area contributed by atoms with Crippen LogP contribution in [0, 0.1) is 0 Å². The van der Waals surface area contributed by atoms with Crippen LogP contribution in [0.2, 0.25) is 0 Å². The molecule has 1 N–H and O–H groups in total. The van der Waals surface area contributed by atoms with Gasteiger partial charge in [-0.1, -0.05) is 36.4 Å². The molecule has 0 bridgehead atoms. The smallest absolute Gasteiger partial charge is 0.279 e. The van der Waals surface area contributed by atoms with Gasteiger partial charge >= 0.3 is 0 Å². The topological polar surface area (TPSA) is 27.6 Å². The molecule has 1 heterocycles. The average molecular weight is 333 g/mol. The Labute approximate surface area is 129 Å². The monoisotopic (exact) mass is 332 g/mol. The summed E-state index contributed by atoms with van der Waals surface area (Å²) in [5, 5.41) is 6.47. The molecule has 0 fully saturated rings. The molecule has 1 aliphatic heterocycles. The second-order valence-electron chi connectivity index (χ2n) is 4.72. The number of amidine groups is 1. The highest BCUT2D eigenvalue weighted by Crippen LogP contribution is 2.28. The van der Waals surface area contributed by atoms with E-state index in [0.717, 1.165) is 17.1 Å². The van der Waals surface area contributed by atoms with Crippen molar-refractivity contribution >= 4 is 11.5 Å². The summed E-state index contributed by atoms with van der Waals surface area (Å²) < 4.78 is 0.505. The molecular formula is C15H17BrN4. The molecule has 1 atom stereocenters. The molecule has 0 aliphatic carbocycles. The first-order valence-corrected chi connectivity index (χ1v) is 6.28. The molecule has 4 nitrogen and oxygen atoms in total. The van der Waals surface area contributed by atoms with Gasteiger partial charge in [0.15, 0.2) is 5.69 Å². The summed E-state index contributed by atoms with van der Waals surface area (Å²) in [5.41, 5.74) is 5.33. The fourth-order valence-corrected chi connectivity index (χ4v) is 2.37. The molecule has 0 saturated heterocycles. The number of rotatable bonds is 2. The molecule has 1 unspecified atom stereocenters. The highest BCUT2D eigenvalue weighted by molar-refractivity contribution is 6.06. The Hall–Kier alpha value is -1.69. The zero-order valence-electron chi connectivity index (χ0n) is 11.5. The van der Waals surface area contributed by atoms with E-state index in [9.17, 15) is 0 Å². The summed E-state index contributed by atoms with van der Waals surface area (Å²) in [4.78, 5) is 0. The van der Waals surface area contributed by atoms with E-state index in [1.165, 1.54) is 0 Å². The van der Waals surface area contributed by atoms with E-state index in [2.05, 4.69) is 41.9 Å². The highest BCUT2D eigenvalue weighted by atomic mass is 79.9. The maximum atomic E-state index is 4.48. The lowest BCUT2D eigenvalue weighted by Crippen LogP contribution is -3.00. The van der Waals surface area contributed by atoms with Crippen molar-refractivity contribution in [1.82, 2.24) is 15.2 Å². The van der Waals surface area contributed by atoms with Crippen LogP contribution in [0.1, 0.15) is 5.56 Å². The van der Waals surface area contributed by atoms with Gasteiger partial charge in [-0.05, 0) is 17.3 Å². The molecule has 2 aromatic rings. The van der Waals surface area contributed by atoms with E-state index in [4.69, 9.17) is 0 Å². The number of nitrogens with zero attached hydrogens (tertiary/aromatic N) is 3. The Bertz CT molecular complexity index is 600. The number of halogens is 1. The minimum Gasteiger partial charge on any atom is -1.00 e. The quantitative estimate of drug-likeness (QED) is 0.740.